The number of benzene rings is 1. The lowest BCUT2D eigenvalue weighted by Gasteiger charge is -2.19. The number of rotatable bonds is 5. The van der Waals surface area contributed by atoms with Crippen LogP contribution in [0.15, 0.2) is 22.7 Å². The molecule has 0 aliphatic rings. The van der Waals surface area contributed by atoms with Crippen molar-refractivity contribution in [3.8, 4) is 0 Å². The van der Waals surface area contributed by atoms with Gasteiger partial charge in [0.25, 0.3) is 0 Å². The van der Waals surface area contributed by atoms with Gasteiger partial charge in [-0.15, -0.1) is 0 Å². The summed E-state index contributed by atoms with van der Waals surface area (Å²) in [6.07, 6.45) is 0.819. The maximum absolute atomic E-state index is 6.38. The van der Waals surface area contributed by atoms with Gasteiger partial charge in [-0.3, -0.25) is 4.68 Å². The lowest BCUT2D eigenvalue weighted by molar-refractivity contribution is 0.528. The summed E-state index contributed by atoms with van der Waals surface area (Å²) in [6, 6.07) is 6.71. The largest absolute Gasteiger partial charge is 0.310 e. The molecule has 0 fully saturated rings. The smallest absolute Gasteiger partial charge is 0.0847 e. The Morgan fingerprint density at radius 3 is 2.62 bits per heavy atom. The minimum absolute atomic E-state index is 0.221. The van der Waals surface area contributed by atoms with Gasteiger partial charge in [-0.1, -0.05) is 46.6 Å². The maximum Gasteiger partial charge on any atom is 0.0847 e. The highest BCUT2D eigenvalue weighted by molar-refractivity contribution is 9.10. The van der Waals surface area contributed by atoms with E-state index in [0.29, 0.717) is 0 Å². The molecule has 5 heteroatoms. The van der Waals surface area contributed by atoms with Gasteiger partial charge in [-0.25, -0.2) is 0 Å². The minimum Gasteiger partial charge on any atom is -0.310 e. The lowest BCUT2D eigenvalue weighted by atomic mass is 10.0. The van der Waals surface area contributed by atoms with Crippen molar-refractivity contribution in [3.63, 3.8) is 0 Å². The second kappa shape index (κ2) is 6.95. The molecule has 0 radical (unpaired) electrons. The predicted molar refractivity (Wildman–Crippen MR) is 92.0 cm³/mol. The molecule has 1 unspecified atom stereocenters. The van der Waals surface area contributed by atoms with Crippen molar-refractivity contribution in [2.45, 2.75) is 33.2 Å². The van der Waals surface area contributed by atoms with E-state index >= 15 is 0 Å². The van der Waals surface area contributed by atoms with Crippen molar-refractivity contribution in [2.24, 2.45) is 7.05 Å². The van der Waals surface area contributed by atoms with E-state index in [1.54, 1.807) is 0 Å². The number of aryl methyl sites for hydroxylation is 3. The van der Waals surface area contributed by atoms with Gasteiger partial charge >= 0.3 is 0 Å². The van der Waals surface area contributed by atoms with Gasteiger partial charge in [0.1, 0.15) is 0 Å². The standard InChI is InChI=1S/C16H21BrClN3/c1-5-19-14(12-7-6-10(2)13(17)8-12)9-15-16(18)11(3)20-21(15)4/h6-8,14,19H,5,9H2,1-4H3. The van der Waals surface area contributed by atoms with Gasteiger partial charge in [0.2, 0.25) is 0 Å². The van der Waals surface area contributed by atoms with E-state index in [1.165, 1.54) is 11.1 Å². The Morgan fingerprint density at radius 1 is 1.38 bits per heavy atom. The highest BCUT2D eigenvalue weighted by Crippen LogP contribution is 2.28. The first kappa shape index (κ1) is 16.5. The molecule has 0 amide bonds. The van der Waals surface area contributed by atoms with E-state index in [2.05, 4.69) is 58.4 Å². The van der Waals surface area contributed by atoms with Crippen LogP contribution >= 0.6 is 27.5 Å². The van der Waals surface area contributed by atoms with Crippen molar-refractivity contribution in [1.82, 2.24) is 15.1 Å². The van der Waals surface area contributed by atoms with Crippen LogP contribution in [0.3, 0.4) is 0 Å². The summed E-state index contributed by atoms with van der Waals surface area (Å²) in [6.45, 7) is 7.06. The van der Waals surface area contributed by atoms with Gasteiger partial charge in [0, 0.05) is 24.0 Å². The van der Waals surface area contributed by atoms with Crippen LogP contribution in [-0.4, -0.2) is 16.3 Å². The van der Waals surface area contributed by atoms with Crippen LogP contribution in [-0.2, 0) is 13.5 Å². The summed E-state index contributed by atoms with van der Waals surface area (Å²) < 4.78 is 3.01. The molecule has 1 atom stereocenters. The highest BCUT2D eigenvalue weighted by atomic mass is 79.9. The third kappa shape index (κ3) is 3.68. The fraction of sp³-hybridized carbons (Fsp3) is 0.438. The topological polar surface area (TPSA) is 29.9 Å². The third-order valence-corrected chi connectivity index (χ3v) is 5.05. The Balaban J connectivity index is 2.32. The summed E-state index contributed by atoms with van der Waals surface area (Å²) >= 11 is 9.99. The normalized spacial score (nSPS) is 12.7. The Bertz CT molecular complexity index is 637. The number of halogens is 2. The quantitative estimate of drug-likeness (QED) is 0.848. The Kier molecular flexibility index (Phi) is 5.47. The SMILES string of the molecule is CCNC(Cc1c(Cl)c(C)nn1C)c1ccc(C)c(Br)c1. The molecule has 114 valence electrons. The summed E-state index contributed by atoms with van der Waals surface area (Å²) in [4.78, 5) is 0. The average molecular weight is 371 g/mol. The number of nitrogens with zero attached hydrogens (tertiary/aromatic N) is 2. The van der Waals surface area contributed by atoms with Crippen LogP contribution in [0, 0.1) is 13.8 Å². The zero-order valence-corrected chi connectivity index (χ0v) is 15.2. The molecule has 0 bridgehead atoms. The molecule has 0 saturated heterocycles. The zero-order chi connectivity index (χ0) is 15.6. The number of hydrogen-bond acceptors (Lipinski definition) is 2. The Labute approximate surface area is 139 Å². The van der Waals surface area contributed by atoms with Crippen LogP contribution in [0.2, 0.25) is 5.02 Å². The van der Waals surface area contributed by atoms with Crippen molar-refractivity contribution in [1.29, 1.82) is 0 Å². The first-order valence-electron chi connectivity index (χ1n) is 7.11. The molecular weight excluding hydrogens is 350 g/mol. The molecule has 1 aromatic heterocycles. The van der Waals surface area contributed by atoms with Crippen LogP contribution in [0.5, 0.6) is 0 Å². The van der Waals surface area contributed by atoms with Crippen LogP contribution in [0.4, 0.5) is 0 Å². The second-order valence-corrected chi connectivity index (χ2v) is 6.53. The van der Waals surface area contributed by atoms with Gasteiger partial charge in [-0.05, 0) is 37.6 Å². The van der Waals surface area contributed by atoms with Gasteiger partial charge < -0.3 is 5.32 Å². The number of hydrogen-bond donors (Lipinski definition) is 1. The number of nitrogens with one attached hydrogen (secondary N) is 1. The molecule has 2 aromatic rings. The van der Waals surface area contributed by atoms with Crippen LogP contribution < -0.4 is 5.32 Å². The molecule has 0 saturated carbocycles. The molecule has 1 aromatic carbocycles. The second-order valence-electron chi connectivity index (χ2n) is 5.29. The summed E-state index contributed by atoms with van der Waals surface area (Å²) in [5.41, 5.74) is 4.44. The fourth-order valence-electron chi connectivity index (χ4n) is 2.48. The number of likely N-dealkylation sites (N-methyl/N-ethyl adjacent to an activating group) is 1. The summed E-state index contributed by atoms with van der Waals surface area (Å²) in [7, 11) is 1.95. The maximum atomic E-state index is 6.38. The molecule has 21 heavy (non-hydrogen) atoms. The Morgan fingerprint density at radius 2 is 2.10 bits per heavy atom. The van der Waals surface area contributed by atoms with E-state index in [4.69, 9.17) is 11.6 Å². The van der Waals surface area contributed by atoms with E-state index in [-0.39, 0.29) is 6.04 Å². The summed E-state index contributed by atoms with van der Waals surface area (Å²) in [5, 5.41) is 8.70. The molecule has 0 aliphatic heterocycles. The molecule has 1 heterocycles. The van der Waals surface area contributed by atoms with E-state index in [1.807, 2.05) is 18.7 Å². The molecule has 3 nitrogen and oxygen atoms in total. The molecule has 1 N–H and O–H groups in total. The molecule has 2 rings (SSSR count). The van der Waals surface area contributed by atoms with Gasteiger partial charge in [0.15, 0.2) is 0 Å². The molecular formula is C16H21BrClN3. The van der Waals surface area contributed by atoms with Crippen molar-refractivity contribution in [3.05, 3.63) is 50.2 Å². The first-order valence-corrected chi connectivity index (χ1v) is 8.28. The average Bonchev–Trinajstić information content (AvgIpc) is 2.68. The Hall–Kier alpha value is -0.840. The van der Waals surface area contributed by atoms with Crippen LogP contribution in [0.25, 0.3) is 0 Å². The van der Waals surface area contributed by atoms with Crippen LogP contribution in [0.1, 0.15) is 35.5 Å². The van der Waals surface area contributed by atoms with Crippen molar-refractivity contribution >= 4 is 27.5 Å². The fourth-order valence-corrected chi connectivity index (χ4v) is 3.11. The minimum atomic E-state index is 0.221. The molecule has 0 spiro atoms. The van der Waals surface area contributed by atoms with E-state index in [9.17, 15) is 0 Å². The lowest BCUT2D eigenvalue weighted by Crippen LogP contribution is -2.24. The van der Waals surface area contributed by atoms with E-state index in [0.717, 1.165) is 33.8 Å². The van der Waals surface area contributed by atoms with Gasteiger partial charge in [-0.2, -0.15) is 5.10 Å². The van der Waals surface area contributed by atoms with Gasteiger partial charge in [0.05, 0.1) is 16.4 Å². The predicted octanol–water partition coefficient (Wildman–Crippen LogP) is 4.35. The zero-order valence-electron chi connectivity index (χ0n) is 12.9. The monoisotopic (exact) mass is 369 g/mol. The third-order valence-electron chi connectivity index (χ3n) is 3.71. The highest BCUT2D eigenvalue weighted by Gasteiger charge is 2.18. The molecule has 0 aliphatic carbocycles. The van der Waals surface area contributed by atoms with Crippen molar-refractivity contribution < 1.29 is 0 Å². The summed E-state index contributed by atoms with van der Waals surface area (Å²) in [5.74, 6) is 0. The van der Waals surface area contributed by atoms with Crippen molar-refractivity contribution in [2.75, 3.05) is 6.54 Å². The first-order chi connectivity index (χ1) is 9.93. The number of aromatic nitrogens is 2. The van der Waals surface area contributed by atoms with E-state index < -0.39 is 0 Å².